The van der Waals surface area contributed by atoms with Crippen molar-refractivity contribution in [2.45, 2.75) is 38.7 Å². The van der Waals surface area contributed by atoms with E-state index in [0.717, 1.165) is 13.0 Å². The van der Waals surface area contributed by atoms with Gasteiger partial charge in [0.2, 0.25) is 0 Å². The van der Waals surface area contributed by atoms with Crippen molar-refractivity contribution in [3.05, 3.63) is 0 Å². The normalized spacial score (nSPS) is 11.5. The Morgan fingerprint density at radius 3 is 2.23 bits per heavy atom. The average molecular weight is 337 g/mol. The summed E-state index contributed by atoms with van der Waals surface area (Å²) in [5.74, 6) is 0. The van der Waals surface area contributed by atoms with Crippen LogP contribution in [0.3, 0.4) is 0 Å². The van der Waals surface area contributed by atoms with E-state index in [1.807, 2.05) is 0 Å². The molecule has 0 aromatic heterocycles. The van der Waals surface area contributed by atoms with Crippen LogP contribution in [0, 0.1) is 0 Å². The molecular formula is C7H18Cl2OSi2Zr. The third-order valence-electron chi connectivity index (χ3n) is 1.55. The van der Waals surface area contributed by atoms with Crippen molar-refractivity contribution >= 4 is 30.8 Å². The summed E-state index contributed by atoms with van der Waals surface area (Å²) >= 11 is -1.85. The van der Waals surface area contributed by atoms with E-state index < -0.39 is 26.3 Å². The first-order chi connectivity index (χ1) is 5.83. The molecule has 0 aliphatic heterocycles. The molecule has 0 rings (SSSR count). The first-order valence-electron chi connectivity index (χ1n) is 4.47. The Hall–Kier alpha value is 1.86. The van der Waals surface area contributed by atoms with Gasteiger partial charge in [-0.15, -0.1) is 0 Å². The van der Waals surface area contributed by atoms with Crippen LogP contribution >= 0.6 is 17.0 Å². The Balaban J connectivity index is 3.54. The van der Waals surface area contributed by atoms with Crippen molar-refractivity contribution in [3.63, 3.8) is 0 Å². The van der Waals surface area contributed by atoms with Gasteiger partial charge < -0.3 is 0 Å². The summed E-state index contributed by atoms with van der Waals surface area (Å²) in [6.07, 6.45) is 1.15. The number of hydrogen-bond donors (Lipinski definition) is 0. The van der Waals surface area contributed by atoms with Crippen LogP contribution in [0.25, 0.3) is 0 Å². The number of halogens is 2. The molecule has 6 heteroatoms. The molecule has 0 bridgehead atoms. The second-order valence-electron chi connectivity index (χ2n) is 4.11. The molecule has 78 valence electrons. The van der Waals surface area contributed by atoms with Crippen molar-refractivity contribution in [2.24, 2.45) is 0 Å². The van der Waals surface area contributed by atoms with Crippen LogP contribution < -0.4 is 0 Å². The predicted octanol–water partition coefficient (Wildman–Crippen LogP) is 3.78. The van der Waals surface area contributed by atoms with Gasteiger partial charge in [0, 0.05) is 0 Å². The molecule has 0 radical (unpaired) electrons. The van der Waals surface area contributed by atoms with Gasteiger partial charge in [-0.05, 0) is 0 Å². The molecule has 0 unspecified atom stereocenters. The summed E-state index contributed by atoms with van der Waals surface area (Å²) in [6.45, 7) is 9.81. The van der Waals surface area contributed by atoms with Gasteiger partial charge in [-0.2, -0.15) is 0 Å². The Kier molecular flexibility index (Phi) is 8.21. The van der Waals surface area contributed by atoms with Gasteiger partial charge >= 0.3 is 98.4 Å². The Bertz CT molecular complexity index is 187. The molecule has 1 nitrogen and oxygen atoms in total. The van der Waals surface area contributed by atoms with Gasteiger partial charge in [-0.3, -0.25) is 0 Å². The zero-order valence-electron chi connectivity index (χ0n) is 8.79. The van der Waals surface area contributed by atoms with E-state index in [-0.39, 0.29) is 5.43 Å². The molecule has 0 atom stereocenters. The quantitative estimate of drug-likeness (QED) is 0.548. The fraction of sp³-hybridized carbons (Fsp3) is 1.00. The van der Waals surface area contributed by atoms with Crippen LogP contribution in [0.15, 0.2) is 0 Å². The van der Waals surface area contributed by atoms with Gasteiger partial charge in [-0.1, -0.05) is 0 Å². The molecule has 0 fully saturated rings. The van der Waals surface area contributed by atoms with E-state index in [1.165, 1.54) is 6.04 Å². The maximum absolute atomic E-state index is 5.97. The van der Waals surface area contributed by atoms with Crippen LogP contribution in [-0.2, 0) is 22.4 Å². The van der Waals surface area contributed by atoms with Crippen LogP contribution in [0.2, 0.25) is 32.2 Å². The molecule has 0 saturated carbocycles. The summed E-state index contributed by atoms with van der Waals surface area (Å²) in [4.78, 5) is 0. The predicted molar refractivity (Wildman–Crippen MR) is 62.0 cm³/mol. The van der Waals surface area contributed by atoms with Crippen molar-refractivity contribution in [1.82, 2.24) is 0 Å². The van der Waals surface area contributed by atoms with Gasteiger partial charge in [0.1, 0.15) is 0 Å². The Morgan fingerprint density at radius 2 is 1.85 bits per heavy atom. The molecular weight excluding hydrogens is 318 g/mol. The van der Waals surface area contributed by atoms with E-state index >= 15 is 0 Å². The van der Waals surface area contributed by atoms with Crippen molar-refractivity contribution in [1.29, 1.82) is 0 Å². The topological polar surface area (TPSA) is 9.23 Å². The van der Waals surface area contributed by atoms with Gasteiger partial charge in [0.05, 0.1) is 0 Å². The second-order valence-corrected chi connectivity index (χ2v) is 30.6. The van der Waals surface area contributed by atoms with Gasteiger partial charge in [0.15, 0.2) is 0 Å². The van der Waals surface area contributed by atoms with Crippen LogP contribution in [0.1, 0.15) is 6.42 Å². The monoisotopic (exact) mass is 334 g/mol. The summed E-state index contributed by atoms with van der Waals surface area (Å²) in [5.41, 5.74) is -0.361. The number of hydrogen-bond acceptors (Lipinski definition) is 1. The van der Waals surface area contributed by atoms with Crippen molar-refractivity contribution in [3.8, 4) is 0 Å². The summed E-state index contributed by atoms with van der Waals surface area (Å²) < 4.78 is 5.75. The molecule has 0 aliphatic rings. The van der Waals surface area contributed by atoms with Crippen LogP contribution in [0.5, 0.6) is 0 Å². The van der Waals surface area contributed by atoms with E-state index in [4.69, 9.17) is 21.5 Å². The molecule has 0 aliphatic carbocycles. The maximum atomic E-state index is 5.97. The van der Waals surface area contributed by atoms with Crippen LogP contribution in [-0.4, -0.2) is 20.4 Å². The fourth-order valence-electron chi connectivity index (χ4n) is 0.810. The molecule has 0 saturated heterocycles. The fourth-order valence-corrected chi connectivity index (χ4v) is 8.48. The van der Waals surface area contributed by atoms with E-state index in [9.17, 15) is 0 Å². The minimum atomic E-state index is -1.85. The van der Waals surface area contributed by atoms with Crippen molar-refractivity contribution < 1.29 is 22.4 Å². The molecule has 0 aromatic rings. The zero-order chi connectivity index (χ0) is 10.5. The molecule has 0 aromatic carbocycles. The molecule has 0 heterocycles. The Morgan fingerprint density at radius 1 is 1.31 bits per heavy atom. The minimum absolute atomic E-state index is 0.361. The Labute approximate surface area is 97.6 Å². The van der Waals surface area contributed by atoms with Crippen LogP contribution in [0.4, 0.5) is 0 Å². The zero-order valence-corrected chi connectivity index (χ0v) is 14.8. The summed E-state index contributed by atoms with van der Waals surface area (Å²) in [7, 11) is 10.6. The second kappa shape index (κ2) is 7.18. The van der Waals surface area contributed by atoms with Gasteiger partial charge in [0.25, 0.3) is 0 Å². The molecule has 0 N–H and O–H groups in total. The first-order valence-corrected chi connectivity index (χ1v) is 20.1. The van der Waals surface area contributed by atoms with E-state index in [1.54, 1.807) is 0 Å². The molecule has 13 heavy (non-hydrogen) atoms. The van der Waals surface area contributed by atoms with Gasteiger partial charge in [-0.25, -0.2) is 0 Å². The molecule has 0 spiro atoms. The standard InChI is InChI=1S/C7H18OSi2.2ClH.Zr/c1-9-7-5-6-8-10(2,3)4;;;/h5-7H2,1-4H3;2*1H;/q;;;+2/p-2. The third-order valence-corrected chi connectivity index (χ3v) is 22.4. The summed E-state index contributed by atoms with van der Waals surface area (Å²) in [5, 5.41) is 0. The number of rotatable bonds is 5. The average Bonchev–Trinajstić information content (AvgIpc) is 1.95. The molecule has 0 amide bonds. The van der Waals surface area contributed by atoms with E-state index in [0.29, 0.717) is 0 Å². The third kappa shape index (κ3) is 10.1. The van der Waals surface area contributed by atoms with E-state index in [2.05, 4.69) is 26.2 Å². The van der Waals surface area contributed by atoms with Crippen molar-refractivity contribution in [2.75, 3.05) is 6.61 Å². The summed E-state index contributed by atoms with van der Waals surface area (Å²) in [6, 6.07) is 1.23. The SMILES string of the molecule is C[Si](CCCO[Si](C)(C)C)=[Zr]([Cl])[Cl]. The first kappa shape index (κ1) is 14.9.